The van der Waals surface area contributed by atoms with Crippen LogP contribution in [0.15, 0.2) is 11.0 Å². The number of sulfonamides is 1. The van der Waals surface area contributed by atoms with Gasteiger partial charge in [-0.2, -0.15) is 4.31 Å². The summed E-state index contributed by atoms with van der Waals surface area (Å²) in [7, 11) is 0.269. The van der Waals surface area contributed by atoms with Crippen LogP contribution in [-0.4, -0.2) is 61.9 Å². The highest BCUT2D eigenvalue weighted by molar-refractivity contribution is 7.89. The first kappa shape index (κ1) is 16.4. The average Bonchev–Trinajstić information content (AvgIpc) is 2.82. The molecule has 1 atom stereocenters. The van der Waals surface area contributed by atoms with Crippen LogP contribution in [0.2, 0.25) is 0 Å². The molecular formula is C13H20N2O4S2. The summed E-state index contributed by atoms with van der Waals surface area (Å²) in [6, 6.07) is 1.48. The van der Waals surface area contributed by atoms with E-state index < -0.39 is 16.0 Å². The first-order valence-electron chi connectivity index (χ1n) is 6.73. The molecule has 1 unspecified atom stereocenters. The second-order valence-electron chi connectivity index (χ2n) is 5.46. The highest BCUT2D eigenvalue weighted by Crippen LogP contribution is 2.30. The van der Waals surface area contributed by atoms with Gasteiger partial charge in [0.15, 0.2) is 0 Å². The maximum absolute atomic E-state index is 12.7. The third kappa shape index (κ3) is 3.28. The van der Waals surface area contributed by atoms with Gasteiger partial charge in [-0.05, 0) is 39.9 Å². The molecule has 0 amide bonds. The molecule has 8 heteroatoms. The molecular weight excluding hydrogens is 312 g/mol. The van der Waals surface area contributed by atoms with E-state index in [0.717, 1.165) is 24.2 Å². The van der Waals surface area contributed by atoms with E-state index in [4.69, 9.17) is 5.11 Å². The number of hydrogen-bond donors (Lipinski definition) is 1. The van der Waals surface area contributed by atoms with Gasteiger partial charge in [0.2, 0.25) is 10.0 Å². The van der Waals surface area contributed by atoms with E-state index >= 15 is 0 Å². The number of carbonyl (C=O) groups is 1. The van der Waals surface area contributed by atoms with E-state index in [1.54, 1.807) is 6.92 Å². The fourth-order valence-corrected chi connectivity index (χ4v) is 5.44. The monoisotopic (exact) mass is 332 g/mol. The molecule has 0 bridgehead atoms. The lowest BCUT2D eigenvalue weighted by Gasteiger charge is -2.35. The Kier molecular flexibility index (Phi) is 4.72. The van der Waals surface area contributed by atoms with Crippen molar-refractivity contribution in [2.75, 3.05) is 27.2 Å². The number of aromatic carboxylic acids is 1. The fraction of sp³-hybridized carbons (Fsp3) is 0.615. The molecule has 0 spiro atoms. The van der Waals surface area contributed by atoms with Crippen molar-refractivity contribution in [3.8, 4) is 0 Å². The third-order valence-electron chi connectivity index (χ3n) is 3.79. The number of aryl methyl sites for hydroxylation is 1. The topological polar surface area (TPSA) is 77.9 Å². The molecule has 1 saturated heterocycles. The third-order valence-corrected chi connectivity index (χ3v) is 6.95. The lowest BCUT2D eigenvalue weighted by atomic mass is 10.1. The number of carboxylic acids is 1. The van der Waals surface area contributed by atoms with Gasteiger partial charge in [0.25, 0.3) is 0 Å². The van der Waals surface area contributed by atoms with Crippen LogP contribution in [0.3, 0.4) is 0 Å². The molecule has 118 valence electrons. The van der Waals surface area contributed by atoms with Crippen molar-refractivity contribution in [2.45, 2.75) is 30.7 Å². The molecule has 0 radical (unpaired) electrons. The Bertz CT molecular complexity index is 637. The number of likely N-dealkylation sites (N-methyl/N-ethyl adjacent to an activating group) is 1. The van der Waals surface area contributed by atoms with Gasteiger partial charge in [0, 0.05) is 24.0 Å². The molecule has 6 nitrogen and oxygen atoms in total. The quantitative estimate of drug-likeness (QED) is 0.903. The molecule has 1 aromatic rings. The van der Waals surface area contributed by atoms with Gasteiger partial charge in [-0.25, -0.2) is 13.2 Å². The number of thiophene rings is 1. The van der Waals surface area contributed by atoms with E-state index in [9.17, 15) is 13.2 Å². The fourth-order valence-electron chi connectivity index (χ4n) is 2.53. The summed E-state index contributed by atoms with van der Waals surface area (Å²) in [4.78, 5) is 13.8. The molecule has 1 aliphatic heterocycles. The Balaban J connectivity index is 2.31. The Morgan fingerprint density at radius 2 is 2.14 bits per heavy atom. The smallest absolute Gasteiger partial charge is 0.345 e. The first-order valence-corrected chi connectivity index (χ1v) is 8.99. The number of hydrogen-bond acceptors (Lipinski definition) is 5. The van der Waals surface area contributed by atoms with E-state index in [1.807, 2.05) is 19.0 Å². The Labute approximate surface area is 129 Å². The summed E-state index contributed by atoms with van der Waals surface area (Å²) in [5, 5.41) is 9.01. The number of carboxylic acid groups (broad SMARTS) is 1. The minimum Gasteiger partial charge on any atom is -0.477 e. The zero-order valence-corrected chi connectivity index (χ0v) is 14.0. The van der Waals surface area contributed by atoms with Crippen LogP contribution in [0.1, 0.15) is 27.4 Å². The summed E-state index contributed by atoms with van der Waals surface area (Å²) in [6.07, 6.45) is 1.79. The molecule has 1 aliphatic rings. The molecule has 0 saturated carbocycles. The Morgan fingerprint density at radius 3 is 2.67 bits per heavy atom. The summed E-state index contributed by atoms with van der Waals surface area (Å²) in [5.74, 6) is -1.09. The van der Waals surface area contributed by atoms with Crippen LogP contribution >= 0.6 is 11.3 Å². The zero-order chi connectivity index (χ0) is 15.8. The van der Waals surface area contributed by atoms with E-state index in [1.165, 1.54) is 10.4 Å². The molecule has 1 N–H and O–H groups in total. The first-order chi connectivity index (χ1) is 9.73. The van der Waals surface area contributed by atoms with Crippen molar-refractivity contribution in [3.63, 3.8) is 0 Å². The van der Waals surface area contributed by atoms with Crippen molar-refractivity contribution in [3.05, 3.63) is 15.8 Å². The molecule has 1 fully saturated rings. The molecule has 0 aliphatic carbocycles. The van der Waals surface area contributed by atoms with Gasteiger partial charge in [0.1, 0.15) is 4.88 Å². The van der Waals surface area contributed by atoms with Crippen molar-refractivity contribution in [1.29, 1.82) is 0 Å². The van der Waals surface area contributed by atoms with Crippen molar-refractivity contribution in [1.82, 2.24) is 9.21 Å². The van der Waals surface area contributed by atoms with Gasteiger partial charge >= 0.3 is 5.97 Å². The summed E-state index contributed by atoms with van der Waals surface area (Å²) < 4.78 is 26.9. The average molecular weight is 332 g/mol. The molecule has 21 heavy (non-hydrogen) atoms. The summed E-state index contributed by atoms with van der Waals surface area (Å²) in [5.41, 5.74) is 0. The molecule has 2 heterocycles. The van der Waals surface area contributed by atoms with E-state index in [2.05, 4.69) is 0 Å². The van der Waals surface area contributed by atoms with Gasteiger partial charge in [-0.15, -0.1) is 11.3 Å². The van der Waals surface area contributed by atoms with Crippen LogP contribution in [0.5, 0.6) is 0 Å². The Morgan fingerprint density at radius 1 is 1.48 bits per heavy atom. The maximum Gasteiger partial charge on any atom is 0.345 e. The van der Waals surface area contributed by atoms with Crippen LogP contribution in [0.25, 0.3) is 0 Å². The van der Waals surface area contributed by atoms with Gasteiger partial charge in [0.05, 0.1) is 4.90 Å². The predicted molar refractivity (Wildman–Crippen MR) is 81.5 cm³/mol. The maximum atomic E-state index is 12.7. The van der Waals surface area contributed by atoms with Gasteiger partial charge in [-0.1, -0.05) is 0 Å². The van der Waals surface area contributed by atoms with E-state index in [-0.39, 0.29) is 15.8 Å². The Hall–Kier alpha value is -0.960. The normalized spacial score (nSPS) is 20.9. The highest BCUT2D eigenvalue weighted by atomic mass is 32.2. The van der Waals surface area contributed by atoms with Crippen molar-refractivity contribution < 1.29 is 18.3 Å². The van der Waals surface area contributed by atoms with Crippen LogP contribution in [0.4, 0.5) is 0 Å². The van der Waals surface area contributed by atoms with Crippen LogP contribution < -0.4 is 0 Å². The standard InChI is InChI=1S/C13H20N2O4S2/c1-9-12(7-11(20-9)13(16)17)21(18,19)15-6-4-5-10(8-15)14(2)3/h7,10H,4-6,8H2,1-3H3,(H,16,17). The van der Waals surface area contributed by atoms with Gasteiger partial charge in [-0.3, -0.25) is 0 Å². The van der Waals surface area contributed by atoms with Crippen molar-refractivity contribution >= 4 is 27.3 Å². The molecule has 2 rings (SSSR count). The van der Waals surface area contributed by atoms with Crippen LogP contribution in [0, 0.1) is 6.92 Å². The second-order valence-corrected chi connectivity index (χ2v) is 8.62. The number of nitrogens with zero attached hydrogens (tertiary/aromatic N) is 2. The lowest BCUT2D eigenvalue weighted by molar-refractivity contribution is 0.0702. The largest absolute Gasteiger partial charge is 0.477 e. The zero-order valence-electron chi connectivity index (χ0n) is 12.4. The lowest BCUT2D eigenvalue weighted by Crippen LogP contribution is -2.47. The minimum absolute atomic E-state index is 0.0623. The van der Waals surface area contributed by atoms with Crippen molar-refractivity contribution in [2.24, 2.45) is 0 Å². The number of rotatable bonds is 4. The predicted octanol–water partition coefficient (Wildman–Crippen LogP) is 1.47. The summed E-state index contributed by atoms with van der Waals surface area (Å²) >= 11 is 1.00. The SMILES string of the molecule is Cc1sc(C(=O)O)cc1S(=O)(=O)N1CCCC(N(C)C)C1. The number of piperidine rings is 1. The van der Waals surface area contributed by atoms with Crippen LogP contribution in [-0.2, 0) is 10.0 Å². The molecule has 1 aromatic heterocycles. The highest BCUT2D eigenvalue weighted by Gasteiger charge is 2.33. The van der Waals surface area contributed by atoms with E-state index in [0.29, 0.717) is 18.0 Å². The van der Waals surface area contributed by atoms with Gasteiger partial charge < -0.3 is 10.0 Å². The molecule has 0 aromatic carbocycles. The summed E-state index contributed by atoms with van der Waals surface area (Å²) in [6.45, 7) is 2.59. The second kappa shape index (κ2) is 6.04. The minimum atomic E-state index is -3.62.